The molecule has 2 heterocycles. The zero-order valence-corrected chi connectivity index (χ0v) is 14.3. The van der Waals surface area contributed by atoms with E-state index < -0.39 is 0 Å². The number of hydrogen-bond donors (Lipinski definition) is 1. The van der Waals surface area contributed by atoms with Crippen molar-refractivity contribution in [3.63, 3.8) is 0 Å². The molecule has 0 saturated heterocycles. The number of benzene rings is 1. The van der Waals surface area contributed by atoms with E-state index in [1.807, 2.05) is 42.8 Å². The van der Waals surface area contributed by atoms with Crippen LogP contribution in [-0.4, -0.2) is 22.1 Å². The summed E-state index contributed by atoms with van der Waals surface area (Å²) in [7, 11) is 0. The molecule has 1 amide bonds. The maximum Gasteiger partial charge on any atom is 0.260 e. The van der Waals surface area contributed by atoms with Gasteiger partial charge < -0.3 is 10.1 Å². The van der Waals surface area contributed by atoms with Crippen LogP contribution >= 0.6 is 11.3 Å². The predicted molar refractivity (Wildman–Crippen MR) is 93.6 cm³/mol. The molecule has 1 aliphatic carbocycles. The Kier molecular flexibility index (Phi) is 3.98. The Hall–Kier alpha value is -2.34. The van der Waals surface area contributed by atoms with E-state index >= 15 is 0 Å². The molecule has 5 nitrogen and oxygen atoms in total. The number of aromatic nitrogens is 2. The van der Waals surface area contributed by atoms with Crippen LogP contribution in [-0.2, 0) is 6.54 Å². The van der Waals surface area contributed by atoms with Crippen LogP contribution in [0.4, 0.5) is 0 Å². The van der Waals surface area contributed by atoms with Gasteiger partial charge in [-0.1, -0.05) is 24.3 Å². The van der Waals surface area contributed by atoms with E-state index in [0.29, 0.717) is 30.5 Å². The minimum Gasteiger partial charge on any atom is -0.476 e. The van der Waals surface area contributed by atoms with Gasteiger partial charge in [-0.25, -0.2) is 4.52 Å². The topological polar surface area (TPSA) is 55.6 Å². The third-order valence-electron chi connectivity index (χ3n) is 4.30. The van der Waals surface area contributed by atoms with Gasteiger partial charge in [0.15, 0.2) is 0 Å². The fourth-order valence-corrected chi connectivity index (χ4v) is 3.43. The van der Waals surface area contributed by atoms with Crippen LogP contribution in [0.3, 0.4) is 0 Å². The molecule has 0 spiro atoms. The highest BCUT2D eigenvalue weighted by atomic mass is 32.1. The molecule has 3 aromatic rings. The van der Waals surface area contributed by atoms with Crippen LogP contribution in [0.25, 0.3) is 4.83 Å². The monoisotopic (exact) mass is 341 g/mol. The maximum absolute atomic E-state index is 12.7. The minimum absolute atomic E-state index is 0.137. The number of nitrogens with zero attached hydrogens (tertiary/aromatic N) is 2. The number of thiazole rings is 1. The van der Waals surface area contributed by atoms with Crippen molar-refractivity contribution in [1.29, 1.82) is 0 Å². The Morgan fingerprint density at radius 3 is 3.04 bits per heavy atom. The molecule has 1 saturated carbocycles. The van der Waals surface area contributed by atoms with Gasteiger partial charge in [0.25, 0.3) is 5.91 Å². The summed E-state index contributed by atoms with van der Waals surface area (Å²) in [5.41, 5.74) is 2.82. The van der Waals surface area contributed by atoms with Crippen LogP contribution in [0.15, 0.2) is 35.8 Å². The van der Waals surface area contributed by atoms with Gasteiger partial charge in [0.2, 0.25) is 5.88 Å². The van der Waals surface area contributed by atoms with E-state index in [1.165, 1.54) is 29.7 Å². The summed E-state index contributed by atoms with van der Waals surface area (Å²) in [6.07, 6.45) is 4.26. The fraction of sp³-hybridized carbons (Fsp3) is 0.333. The van der Waals surface area contributed by atoms with Crippen molar-refractivity contribution in [3.8, 4) is 5.88 Å². The molecule has 0 atom stereocenters. The number of rotatable bonds is 6. The number of nitrogens with one attached hydrogen (secondary N) is 1. The van der Waals surface area contributed by atoms with Gasteiger partial charge in [-0.05, 0) is 36.8 Å². The van der Waals surface area contributed by atoms with Crippen LogP contribution in [0.2, 0.25) is 0 Å². The third-order valence-corrected chi connectivity index (χ3v) is 5.17. The summed E-state index contributed by atoms with van der Waals surface area (Å²) in [6.45, 7) is 3.18. The summed E-state index contributed by atoms with van der Waals surface area (Å²) in [6, 6.07) is 8.05. The Bertz CT molecular complexity index is 879. The molecular weight excluding hydrogens is 322 g/mol. The zero-order chi connectivity index (χ0) is 16.5. The lowest BCUT2D eigenvalue weighted by molar-refractivity contribution is 0.0948. The van der Waals surface area contributed by atoms with Crippen molar-refractivity contribution in [2.75, 3.05) is 6.61 Å². The Balaban J connectivity index is 1.54. The number of ether oxygens (including phenoxy) is 1. The number of hydrogen-bond acceptors (Lipinski definition) is 4. The molecule has 0 radical (unpaired) electrons. The van der Waals surface area contributed by atoms with Crippen LogP contribution in [0.1, 0.15) is 34.3 Å². The predicted octanol–water partition coefficient (Wildman–Crippen LogP) is 3.42. The fourth-order valence-electron chi connectivity index (χ4n) is 2.61. The van der Waals surface area contributed by atoms with E-state index in [4.69, 9.17) is 4.74 Å². The zero-order valence-electron chi connectivity index (χ0n) is 13.5. The molecule has 1 aromatic carbocycles. The quantitative estimate of drug-likeness (QED) is 0.747. The highest BCUT2D eigenvalue weighted by Gasteiger charge is 2.26. The molecule has 0 bridgehead atoms. The van der Waals surface area contributed by atoms with Gasteiger partial charge in [-0.3, -0.25) is 4.79 Å². The van der Waals surface area contributed by atoms with E-state index in [0.717, 1.165) is 10.4 Å². The van der Waals surface area contributed by atoms with Crippen molar-refractivity contribution in [3.05, 3.63) is 52.5 Å². The second kappa shape index (κ2) is 6.28. The summed E-state index contributed by atoms with van der Waals surface area (Å²) >= 11 is 1.50. The second-order valence-electron chi connectivity index (χ2n) is 6.20. The summed E-state index contributed by atoms with van der Waals surface area (Å²) in [5, 5.41) is 9.33. The molecule has 2 aromatic heterocycles. The number of aryl methyl sites for hydroxylation is 1. The molecule has 0 aliphatic heterocycles. The smallest absolute Gasteiger partial charge is 0.260 e. The van der Waals surface area contributed by atoms with Crippen molar-refractivity contribution in [2.45, 2.75) is 26.3 Å². The molecule has 24 heavy (non-hydrogen) atoms. The number of fused-ring (bicyclic) bond motifs is 1. The lowest BCUT2D eigenvalue weighted by Gasteiger charge is -2.08. The average molecular weight is 341 g/mol. The van der Waals surface area contributed by atoms with Gasteiger partial charge >= 0.3 is 0 Å². The Morgan fingerprint density at radius 1 is 1.42 bits per heavy atom. The molecule has 0 unspecified atom stereocenters. The highest BCUT2D eigenvalue weighted by molar-refractivity contribution is 7.16. The molecule has 6 heteroatoms. The number of carbonyl (C=O) groups is 1. The van der Waals surface area contributed by atoms with Crippen LogP contribution in [0.5, 0.6) is 5.88 Å². The van der Waals surface area contributed by atoms with Gasteiger partial charge in [0.1, 0.15) is 10.4 Å². The lowest BCUT2D eigenvalue weighted by Crippen LogP contribution is -2.23. The van der Waals surface area contributed by atoms with Crippen molar-refractivity contribution in [1.82, 2.24) is 14.9 Å². The molecule has 1 fully saturated rings. The normalized spacial score (nSPS) is 14.0. The van der Waals surface area contributed by atoms with E-state index in [1.54, 1.807) is 4.52 Å². The largest absolute Gasteiger partial charge is 0.476 e. The maximum atomic E-state index is 12.7. The Labute approximate surface area is 144 Å². The Morgan fingerprint density at radius 2 is 2.25 bits per heavy atom. The van der Waals surface area contributed by atoms with E-state index in [-0.39, 0.29) is 5.91 Å². The molecular formula is C18H19N3O2S. The molecule has 4 rings (SSSR count). The van der Waals surface area contributed by atoms with Gasteiger partial charge in [-0.15, -0.1) is 16.4 Å². The molecule has 1 N–H and O–H groups in total. The van der Waals surface area contributed by atoms with Crippen molar-refractivity contribution in [2.24, 2.45) is 5.92 Å². The first-order chi connectivity index (χ1) is 11.7. The van der Waals surface area contributed by atoms with Crippen LogP contribution in [0, 0.1) is 12.8 Å². The first-order valence-corrected chi connectivity index (χ1v) is 9.01. The summed E-state index contributed by atoms with van der Waals surface area (Å²) in [4.78, 5) is 13.6. The third kappa shape index (κ3) is 3.01. The average Bonchev–Trinajstić information content (AvgIpc) is 3.19. The van der Waals surface area contributed by atoms with Crippen molar-refractivity contribution >= 4 is 22.1 Å². The lowest BCUT2D eigenvalue weighted by atomic mass is 10.1. The highest BCUT2D eigenvalue weighted by Crippen LogP contribution is 2.32. The molecule has 124 valence electrons. The van der Waals surface area contributed by atoms with Gasteiger partial charge in [0, 0.05) is 18.1 Å². The summed E-state index contributed by atoms with van der Waals surface area (Å²) in [5.74, 6) is 0.921. The SMILES string of the molecule is Cc1ccccc1CNC(=O)c1c(OCC2CC2)nn2ccsc12. The van der Waals surface area contributed by atoms with Crippen LogP contribution < -0.4 is 10.1 Å². The first-order valence-electron chi connectivity index (χ1n) is 8.13. The van der Waals surface area contributed by atoms with Crippen molar-refractivity contribution < 1.29 is 9.53 Å². The second-order valence-corrected chi connectivity index (χ2v) is 7.09. The number of carbonyl (C=O) groups excluding carboxylic acids is 1. The number of amides is 1. The standard InChI is InChI=1S/C18H19N3O2S/c1-12-4-2-3-5-14(12)10-19-16(22)15-17(23-11-13-6-7-13)20-21-8-9-24-18(15)21/h2-5,8-9,13H,6-7,10-11H2,1H3,(H,19,22). The minimum atomic E-state index is -0.137. The van der Waals surface area contributed by atoms with E-state index in [9.17, 15) is 4.79 Å². The van der Waals surface area contributed by atoms with Gasteiger partial charge in [-0.2, -0.15) is 0 Å². The molecule has 1 aliphatic rings. The summed E-state index contributed by atoms with van der Waals surface area (Å²) < 4.78 is 7.53. The van der Waals surface area contributed by atoms with E-state index in [2.05, 4.69) is 10.4 Å². The van der Waals surface area contributed by atoms with Gasteiger partial charge in [0.05, 0.1) is 6.61 Å². The first kappa shape index (κ1) is 15.2.